The van der Waals surface area contributed by atoms with Gasteiger partial charge in [-0.3, -0.25) is 4.99 Å². The van der Waals surface area contributed by atoms with E-state index in [0.717, 1.165) is 43.4 Å². The number of rotatable bonds is 6. The van der Waals surface area contributed by atoms with Crippen LogP contribution in [0.5, 0.6) is 0 Å². The number of thioether (sulfide) groups is 1. The number of hydrogen-bond donors (Lipinski definition) is 3. The summed E-state index contributed by atoms with van der Waals surface area (Å²) >= 11 is 1.80. The number of aliphatic imine (C=N–C) groups is 1. The van der Waals surface area contributed by atoms with Crippen LogP contribution in [0.25, 0.3) is 0 Å². The van der Waals surface area contributed by atoms with Gasteiger partial charge < -0.3 is 15.7 Å². The summed E-state index contributed by atoms with van der Waals surface area (Å²) in [6.07, 6.45) is 1.79. The highest BCUT2D eigenvalue weighted by atomic mass is 127. The number of nitrogens with one attached hydrogen (secondary N) is 2. The van der Waals surface area contributed by atoms with Crippen LogP contribution in [0.3, 0.4) is 0 Å². The SMILES string of the molecule is CCNC(=NCC1(O)CCSC1)NCCc1ccc(C(C)(C)C)cc1.I. The Hall–Kier alpha value is -0.470. The maximum Gasteiger partial charge on any atom is 0.191 e. The zero-order chi connectivity index (χ0) is 18.3. The summed E-state index contributed by atoms with van der Waals surface area (Å²) in [5.41, 5.74) is 2.25. The molecule has 0 radical (unpaired) electrons. The van der Waals surface area contributed by atoms with Crippen LogP contribution >= 0.6 is 35.7 Å². The molecule has 0 bridgehead atoms. The number of aliphatic hydroxyl groups is 1. The molecule has 1 fully saturated rings. The summed E-state index contributed by atoms with van der Waals surface area (Å²) in [5.74, 6) is 2.61. The second kappa shape index (κ2) is 10.8. The second-order valence-corrected chi connectivity index (χ2v) is 8.95. The molecule has 1 aromatic carbocycles. The fraction of sp³-hybridized carbons (Fsp3) is 0.650. The van der Waals surface area contributed by atoms with E-state index in [2.05, 4.69) is 67.6 Å². The molecule has 1 aromatic rings. The zero-order valence-electron chi connectivity index (χ0n) is 16.5. The summed E-state index contributed by atoms with van der Waals surface area (Å²) in [6.45, 7) is 10.9. The maximum atomic E-state index is 10.4. The summed E-state index contributed by atoms with van der Waals surface area (Å²) in [7, 11) is 0. The van der Waals surface area contributed by atoms with Gasteiger partial charge in [-0.15, -0.1) is 24.0 Å². The van der Waals surface area contributed by atoms with Crippen molar-refractivity contribution in [2.24, 2.45) is 4.99 Å². The van der Waals surface area contributed by atoms with Gasteiger partial charge in [-0.05, 0) is 42.1 Å². The first-order valence-electron chi connectivity index (χ1n) is 9.24. The minimum atomic E-state index is -0.629. The molecular formula is C20H34IN3OS. The van der Waals surface area contributed by atoms with Crippen LogP contribution in [0.1, 0.15) is 45.2 Å². The Morgan fingerprint density at radius 3 is 2.46 bits per heavy atom. The molecule has 1 aliphatic rings. The molecule has 26 heavy (non-hydrogen) atoms. The lowest BCUT2D eigenvalue weighted by molar-refractivity contribution is 0.0778. The van der Waals surface area contributed by atoms with Crippen molar-refractivity contribution in [3.05, 3.63) is 35.4 Å². The van der Waals surface area contributed by atoms with Gasteiger partial charge in [-0.1, -0.05) is 45.0 Å². The van der Waals surface area contributed by atoms with Crippen LogP contribution in [0.2, 0.25) is 0 Å². The number of benzene rings is 1. The van der Waals surface area contributed by atoms with Crippen LogP contribution in [-0.2, 0) is 11.8 Å². The van der Waals surface area contributed by atoms with Gasteiger partial charge in [0.2, 0.25) is 0 Å². The third-order valence-corrected chi connectivity index (χ3v) is 5.72. The Balaban J connectivity index is 0.00000338. The van der Waals surface area contributed by atoms with Crippen LogP contribution in [-0.4, -0.2) is 47.8 Å². The van der Waals surface area contributed by atoms with Crippen molar-refractivity contribution >= 4 is 41.7 Å². The van der Waals surface area contributed by atoms with E-state index in [1.165, 1.54) is 11.1 Å². The topological polar surface area (TPSA) is 56.7 Å². The van der Waals surface area contributed by atoms with Crippen LogP contribution in [0.4, 0.5) is 0 Å². The minimum absolute atomic E-state index is 0. The molecule has 2 rings (SSSR count). The third kappa shape index (κ3) is 7.64. The molecule has 0 aromatic heterocycles. The molecule has 4 nitrogen and oxygen atoms in total. The number of halogens is 1. The van der Waals surface area contributed by atoms with E-state index >= 15 is 0 Å². The van der Waals surface area contributed by atoms with Gasteiger partial charge >= 0.3 is 0 Å². The van der Waals surface area contributed by atoms with E-state index in [9.17, 15) is 5.11 Å². The van der Waals surface area contributed by atoms with Crippen LogP contribution in [0.15, 0.2) is 29.3 Å². The quantitative estimate of drug-likeness (QED) is 0.324. The average molecular weight is 491 g/mol. The van der Waals surface area contributed by atoms with Crippen molar-refractivity contribution in [3.63, 3.8) is 0 Å². The van der Waals surface area contributed by atoms with E-state index < -0.39 is 5.60 Å². The fourth-order valence-corrected chi connectivity index (χ4v) is 4.07. The molecule has 3 N–H and O–H groups in total. The third-order valence-electron chi connectivity index (χ3n) is 4.48. The standard InChI is InChI=1S/C20H33N3OS.HI/c1-5-21-18(23-14-20(24)11-13-25-15-20)22-12-10-16-6-8-17(9-7-16)19(2,3)4;/h6-9,24H,5,10-15H2,1-4H3,(H2,21,22,23);1H. The van der Waals surface area contributed by atoms with Gasteiger partial charge in [0.25, 0.3) is 0 Å². The molecule has 1 aliphatic heterocycles. The highest BCUT2D eigenvalue weighted by Gasteiger charge is 2.31. The summed E-state index contributed by atoms with van der Waals surface area (Å²) in [5, 5.41) is 17.1. The number of hydrogen-bond acceptors (Lipinski definition) is 3. The number of nitrogens with zero attached hydrogens (tertiary/aromatic N) is 1. The van der Waals surface area contributed by atoms with Gasteiger partial charge in [0.1, 0.15) is 0 Å². The van der Waals surface area contributed by atoms with Crippen molar-refractivity contribution in [2.45, 2.75) is 51.6 Å². The van der Waals surface area contributed by atoms with Gasteiger partial charge in [-0.2, -0.15) is 11.8 Å². The monoisotopic (exact) mass is 491 g/mol. The summed E-state index contributed by atoms with van der Waals surface area (Å²) in [6, 6.07) is 8.87. The molecule has 1 saturated heterocycles. The predicted molar refractivity (Wildman–Crippen MR) is 125 cm³/mol. The largest absolute Gasteiger partial charge is 0.387 e. The Morgan fingerprint density at radius 2 is 1.92 bits per heavy atom. The van der Waals surface area contributed by atoms with Crippen molar-refractivity contribution in [1.29, 1.82) is 0 Å². The molecule has 0 aliphatic carbocycles. The van der Waals surface area contributed by atoms with E-state index in [1.54, 1.807) is 11.8 Å². The van der Waals surface area contributed by atoms with Gasteiger partial charge in [0.15, 0.2) is 5.96 Å². The lowest BCUT2D eigenvalue weighted by Gasteiger charge is -2.20. The molecule has 1 atom stereocenters. The van der Waals surface area contributed by atoms with Gasteiger partial charge in [-0.25, -0.2) is 0 Å². The predicted octanol–water partition coefficient (Wildman–Crippen LogP) is 3.57. The molecule has 0 saturated carbocycles. The molecule has 1 heterocycles. The van der Waals surface area contributed by atoms with E-state index in [1.807, 2.05) is 0 Å². The van der Waals surface area contributed by atoms with E-state index in [-0.39, 0.29) is 29.4 Å². The maximum absolute atomic E-state index is 10.4. The zero-order valence-corrected chi connectivity index (χ0v) is 19.6. The first kappa shape index (κ1) is 23.6. The molecule has 1 unspecified atom stereocenters. The molecule has 0 amide bonds. The van der Waals surface area contributed by atoms with Crippen LogP contribution < -0.4 is 10.6 Å². The summed E-state index contributed by atoms with van der Waals surface area (Å²) in [4.78, 5) is 4.58. The van der Waals surface area contributed by atoms with Crippen molar-refractivity contribution < 1.29 is 5.11 Å². The Labute approximate surface area is 180 Å². The fourth-order valence-electron chi connectivity index (χ4n) is 2.79. The Morgan fingerprint density at radius 1 is 1.23 bits per heavy atom. The van der Waals surface area contributed by atoms with Crippen molar-refractivity contribution in [2.75, 3.05) is 31.1 Å². The lowest BCUT2D eigenvalue weighted by atomic mass is 9.86. The summed E-state index contributed by atoms with van der Waals surface area (Å²) < 4.78 is 0. The first-order valence-corrected chi connectivity index (χ1v) is 10.4. The Bertz CT molecular complexity index is 563. The minimum Gasteiger partial charge on any atom is -0.387 e. The van der Waals surface area contributed by atoms with Crippen molar-refractivity contribution in [1.82, 2.24) is 10.6 Å². The number of guanidine groups is 1. The Kier molecular flexibility index (Phi) is 9.75. The molecule has 6 heteroatoms. The van der Waals surface area contributed by atoms with Gasteiger partial charge in [0.05, 0.1) is 12.1 Å². The normalized spacial score (nSPS) is 20.6. The lowest BCUT2D eigenvalue weighted by Crippen LogP contribution is -2.40. The molecular weight excluding hydrogens is 457 g/mol. The first-order chi connectivity index (χ1) is 11.8. The molecule has 0 spiro atoms. The molecule has 148 valence electrons. The van der Waals surface area contributed by atoms with Crippen molar-refractivity contribution in [3.8, 4) is 0 Å². The second-order valence-electron chi connectivity index (χ2n) is 7.85. The van der Waals surface area contributed by atoms with Gasteiger partial charge in [0, 0.05) is 18.8 Å². The highest BCUT2D eigenvalue weighted by molar-refractivity contribution is 14.0. The van der Waals surface area contributed by atoms with E-state index in [0.29, 0.717) is 6.54 Å². The average Bonchev–Trinajstić information content (AvgIpc) is 2.99. The van der Waals surface area contributed by atoms with E-state index in [4.69, 9.17) is 0 Å². The smallest absolute Gasteiger partial charge is 0.191 e. The van der Waals surface area contributed by atoms with Crippen LogP contribution in [0, 0.1) is 0 Å². The highest BCUT2D eigenvalue weighted by Crippen LogP contribution is 2.27.